The molecule has 2 aromatic rings. The third-order valence-corrected chi connectivity index (χ3v) is 3.84. The Morgan fingerprint density at radius 1 is 1.48 bits per heavy atom. The van der Waals surface area contributed by atoms with E-state index in [9.17, 15) is 4.79 Å². The molecule has 0 unspecified atom stereocenters. The smallest absolute Gasteiger partial charge is 0.254 e. The molecule has 0 saturated carbocycles. The number of imidazole rings is 1. The van der Waals surface area contributed by atoms with E-state index in [1.54, 1.807) is 6.20 Å². The Labute approximate surface area is 123 Å². The van der Waals surface area contributed by atoms with Crippen LogP contribution in [-0.2, 0) is 19.4 Å². The normalized spacial score (nSPS) is 17.3. The molecular weight excluding hydrogens is 266 g/mol. The molecule has 0 radical (unpaired) electrons. The molecule has 3 rings (SSSR count). The van der Waals surface area contributed by atoms with Gasteiger partial charge in [-0.05, 0) is 19.8 Å². The van der Waals surface area contributed by atoms with E-state index in [1.807, 2.05) is 26.2 Å². The van der Waals surface area contributed by atoms with Gasteiger partial charge in [0.1, 0.15) is 11.6 Å². The maximum atomic E-state index is 12.4. The van der Waals surface area contributed by atoms with Crippen molar-refractivity contribution in [2.45, 2.75) is 45.7 Å². The van der Waals surface area contributed by atoms with E-state index in [1.165, 1.54) is 0 Å². The zero-order valence-electron chi connectivity index (χ0n) is 12.3. The topological polar surface area (TPSA) is 72.7 Å². The summed E-state index contributed by atoms with van der Waals surface area (Å²) in [6.45, 7) is 4.61. The minimum Gasteiger partial charge on any atom is -0.347 e. The number of nitrogens with one attached hydrogen (secondary N) is 1. The SMILES string of the molecule is CCc1nc(C)ncc1C(=O)N[C@@H]1CCc2nccn2C1. The van der Waals surface area contributed by atoms with Crippen LogP contribution in [-0.4, -0.2) is 31.5 Å². The third kappa shape index (κ3) is 2.79. The summed E-state index contributed by atoms with van der Waals surface area (Å²) in [4.78, 5) is 25.2. The second-order valence-corrected chi connectivity index (χ2v) is 5.34. The molecule has 1 aliphatic heterocycles. The Morgan fingerprint density at radius 3 is 3.14 bits per heavy atom. The van der Waals surface area contributed by atoms with Crippen molar-refractivity contribution >= 4 is 5.91 Å². The van der Waals surface area contributed by atoms with Crippen molar-refractivity contribution in [2.24, 2.45) is 0 Å². The van der Waals surface area contributed by atoms with Crippen LogP contribution in [0.5, 0.6) is 0 Å². The van der Waals surface area contributed by atoms with Crippen molar-refractivity contribution < 1.29 is 4.79 Å². The molecule has 1 N–H and O–H groups in total. The van der Waals surface area contributed by atoms with Gasteiger partial charge in [0.25, 0.3) is 5.91 Å². The highest BCUT2D eigenvalue weighted by molar-refractivity contribution is 5.95. The number of aromatic nitrogens is 4. The number of rotatable bonds is 3. The summed E-state index contributed by atoms with van der Waals surface area (Å²) in [5, 5.41) is 3.09. The number of aryl methyl sites for hydroxylation is 3. The zero-order chi connectivity index (χ0) is 14.8. The van der Waals surface area contributed by atoms with Gasteiger partial charge in [-0.1, -0.05) is 6.92 Å². The molecule has 6 heteroatoms. The van der Waals surface area contributed by atoms with Crippen molar-refractivity contribution in [2.75, 3.05) is 0 Å². The van der Waals surface area contributed by atoms with Gasteiger partial charge >= 0.3 is 0 Å². The average Bonchev–Trinajstić information content (AvgIpc) is 2.94. The summed E-state index contributed by atoms with van der Waals surface area (Å²) < 4.78 is 2.10. The second-order valence-electron chi connectivity index (χ2n) is 5.34. The van der Waals surface area contributed by atoms with Crippen LogP contribution in [0, 0.1) is 6.92 Å². The molecule has 0 saturated heterocycles. The first-order valence-corrected chi connectivity index (χ1v) is 7.30. The number of carbonyl (C=O) groups is 1. The van der Waals surface area contributed by atoms with Crippen molar-refractivity contribution in [1.29, 1.82) is 0 Å². The molecule has 1 amide bonds. The molecule has 110 valence electrons. The Balaban J connectivity index is 1.73. The minimum atomic E-state index is -0.0829. The number of hydrogen-bond acceptors (Lipinski definition) is 4. The fraction of sp³-hybridized carbons (Fsp3) is 0.467. The lowest BCUT2D eigenvalue weighted by atomic mass is 10.1. The van der Waals surface area contributed by atoms with Gasteiger partial charge in [-0.3, -0.25) is 4.79 Å². The summed E-state index contributed by atoms with van der Waals surface area (Å²) in [5.41, 5.74) is 1.39. The lowest BCUT2D eigenvalue weighted by Crippen LogP contribution is -2.41. The molecule has 1 aliphatic rings. The van der Waals surface area contributed by atoms with Gasteiger partial charge < -0.3 is 9.88 Å². The van der Waals surface area contributed by atoms with Crippen LogP contribution < -0.4 is 5.32 Å². The quantitative estimate of drug-likeness (QED) is 0.922. The molecule has 6 nitrogen and oxygen atoms in total. The van der Waals surface area contributed by atoms with Crippen LogP contribution in [0.2, 0.25) is 0 Å². The van der Waals surface area contributed by atoms with E-state index in [2.05, 4.69) is 24.8 Å². The predicted molar refractivity (Wildman–Crippen MR) is 77.9 cm³/mol. The van der Waals surface area contributed by atoms with Crippen molar-refractivity contribution in [3.05, 3.63) is 41.5 Å². The predicted octanol–water partition coefficient (Wildman–Crippen LogP) is 1.29. The average molecular weight is 285 g/mol. The third-order valence-electron chi connectivity index (χ3n) is 3.84. The highest BCUT2D eigenvalue weighted by Crippen LogP contribution is 2.14. The van der Waals surface area contributed by atoms with Crippen molar-refractivity contribution in [1.82, 2.24) is 24.8 Å². The number of fused-ring (bicyclic) bond motifs is 1. The first kappa shape index (κ1) is 13.7. The monoisotopic (exact) mass is 285 g/mol. The Morgan fingerprint density at radius 2 is 2.33 bits per heavy atom. The Bertz CT molecular complexity index is 664. The van der Waals surface area contributed by atoms with Crippen LogP contribution >= 0.6 is 0 Å². The highest BCUT2D eigenvalue weighted by Gasteiger charge is 2.22. The Kier molecular flexibility index (Phi) is 3.68. The molecule has 0 aromatic carbocycles. The maximum absolute atomic E-state index is 12.4. The number of carbonyl (C=O) groups excluding carboxylic acids is 1. The van der Waals surface area contributed by atoms with Crippen LogP contribution in [0.4, 0.5) is 0 Å². The van der Waals surface area contributed by atoms with Gasteiger partial charge in [0.05, 0.1) is 11.3 Å². The fourth-order valence-electron chi connectivity index (χ4n) is 2.72. The van der Waals surface area contributed by atoms with E-state index in [-0.39, 0.29) is 11.9 Å². The number of nitrogens with zero attached hydrogens (tertiary/aromatic N) is 4. The summed E-state index contributed by atoms with van der Waals surface area (Å²) in [6, 6.07) is 0.130. The Hall–Kier alpha value is -2.24. The van der Waals surface area contributed by atoms with Crippen LogP contribution in [0.1, 0.15) is 41.0 Å². The lowest BCUT2D eigenvalue weighted by Gasteiger charge is -2.25. The summed E-state index contributed by atoms with van der Waals surface area (Å²) in [6.07, 6.45) is 7.92. The molecule has 0 aliphatic carbocycles. The lowest BCUT2D eigenvalue weighted by molar-refractivity contribution is 0.0925. The van der Waals surface area contributed by atoms with Gasteiger partial charge in [-0.2, -0.15) is 0 Å². The van der Waals surface area contributed by atoms with Crippen LogP contribution in [0.15, 0.2) is 18.6 Å². The van der Waals surface area contributed by atoms with Gasteiger partial charge in [0, 0.05) is 37.6 Å². The second kappa shape index (κ2) is 5.63. The summed E-state index contributed by atoms with van der Waals surface area (Å²) in [5.74, 6) is 1.71. The summed E-state index contributed by atoms with van der Waals surface area (Å²) >= 11 is 0. The fourth-order valence-corrected chi connectivity index (χ4v) is 2.72. The molecule has 0 spiro atoms. The molecule has 3 heterocycles. The number of amides is 1. The van der Waals surface area contributed by atoms with Crippen molar-refractivity contribution in [3.8, 4) is 0 Å². The molecule has 0 bridgehead atoms. The van der Waals surface area contributed by atoms with E-state index < -0.39 is 0 Å². The van der Waals surface area contributed by atoms with Crippen LogP contribution in [0.3, 0.4) is 0 Å². The molecular formula is C15H19N5O. The number of hydrogen-bond donors (Lipinski definition) is 1. The summed E-state index contributed by atoms with van der Waals surface area (Å²) in [7, 11) is 0. The molecule has 21 heavy (non-hydrogen) atoms. The molecule has 0 fully saturated rings. The minimum absolute atomic E-state index is 0.0829. The van der Waals surface area contributed by atoms with Gasteiger partial charge in [0.15, 0.2) is 0 Å². The first-order chi connectivity index (χ1) is 10.2. The largest absolute Gasteiger partial charge is 0.347 e. The standard InChI is InChI=1S/C15H19N5O/c1-3-13-12(8-17-10(2)18-13)15(21)19-11-4-5-14-16-6-7-20(14)9-11/h6-8,11H,3-5,9H2,1-2H3,(H,19,21)/t11-/m1/s1. The highest BCUT2D eigenvalue weighted by atomic mass is 16.1. The maximum Gasteiger partial charge on any atom is 0.254 e. The van der Waals surface area contributed by atoms with E-state index >= 15 is 0 Å². The van der Waals surface area contributed by atoms with E-state index in [0.29, 0.717) is 11.4 Å². The van der Waals surface area contributed by atoms with E-state index in [0.717, 1.165) is 37.3 Å². The zero-order valence-corrected chi connectivity index (χ0v) is 12.3. The van der Waals surface area contributed by atoms with Gasteiger partial charge in [-0.25, -0.2) is 15.0 Å². The van der Waals surface area contributed by atoms with Gasteiger partial charge in [0.2, 0.25) is 0 Å². The first-order valence-electron chi connectivity index (χ1n) is 7.30. The van der Waals surface area contributed by atoms with Crippen LogP contribution in [0.25, 0.3) is 0 Å². The van der Waals surface area contributed by atoms with Gasteiger partial charge in [-0.15, -0.1) is 0 Å². The van der Waals surface area contributed by atoms with Crippen molar-refractivity contribution in [3.63, 3.8) is 0 Å². The molecule has 1 atom stereocenters. The van der Waals surface area contributed by atoms with E-state index in [4.69, 9.17) is 0 Å². The molecule has 2 aromatic heterocycles.